The lowest BCUT2D eigenvalue weighted by molar-refractivity contribution is 0.103. The third kappa shape index (κ3) is 3.08. The lowest BCUT2D eigenvalue weighted by atomic mass is 9.92. The van der Waals surface area contributed by atoms with Gasteiger partial charge >= 0.3 is 0 Å². The predicted molar refractivity (Wildman–Crippen MR) is 103 cm³/mol. The summed E-state index contributed by atoms with van der Waals surface area (Å²) in [6, 6.07) is 25.9. The Bertz CT molecular complexity index is 865. The molecule has 1 aliphatic rings. The fraction of sp³-hybridized carbons (Fsp3) is 0.174. The molecule has 0 unspecified atom stereocenters. The molecule has 0 amide bonds. The highest BCUT2D eigenvalue weighted by Gasteiger charge is 2.22. The van der Waals surface area contributed by atoms with Crippen molar-refractivity contribution in [1.82, 2.24) is 0 Å². The van der Waals surface area contributed by atoms with Crippen molar-refractivity contribution in [1.29, 1.82) is 0 Å². The van der Waals surface area contributed by atoms with Crippen molar-refractivity contribution in [2.45, 2.75) is 12.8 Å². The number of anilines is 1. The molecule has 1 aliphatic heterocycles. The summed E-state index contributed by atoms with van der Waals surface area (Å²) in [7, 11) is 0. The van der Waals surface area contributed by atoms with Crippen molar-refractivity contribution in [2.24, 2.45) is 0 Å². The van der Waals surface area contributed by atoms with Gasteiger partial charge in [-0.15, -0.1) is 0 Å². The molecule has 25 heavy (non-hydrogen) atoms. The van der Waals surface area contributed by atoms with Crippen molar-refractivity contribution >= 4 is 11.5 Å². The highest BCUT2D eigenvalue weighted by atomic mass is 16.1. The average molecular weight is 327 g/mol. The van der Waals surface area contributed by atoms with Crippen LogP contribution in [0, 0.1) is 0 Å². The molecule has 3 aromatic rings. The maximum absolute atomic E-state index is 13.2. The van der Waals surface area contributed by atoms with Gasteiger partial charge in [-0.2, -0.15) is 0 Å². The minimum Gasteiger partial charge on any atom is -0.371 e. The van der Waals surface area contributed by atoms with E-state index in [1.807, 2.05) is 60.7 Å². The zero-order valence-electron chi connectivity index (χ0n) is 14.2. The Morgan fingerprint density at radius 1 is 0.720 bits per heavy atom. The molecular formula is C23H21NO. The van der Waals surface area contributed by atoms with Crippen LogP contribution in [0.4, 0.5) is 5.69 Å². The molecule has 3 aromatic carbocycles. The van der Waals surface area contributed by atoms with Gasteiger partial charge in [0.1, 0.15) is 0 Å². The third-order valence-electron chi connectivity index (χ3n) is 4.83. The first-order chi connectivity index (χ1) is 12.3. The smallest absolute Gasteiger partial charge is 0.193 e. The van der Waals surface area contributed by atoms with Crippen molar-refractivity contribution in [3.63, 3.8) is 0 Å². The second-order valence-corrected chi connectivity index (χ2v) is 6.46. The lowest BCUT2D eigenvalue weighted by Crippen LogP contribution is -2.19. The average Bonchev–Trinajstić information content (AvgIpc) is 3.23. The summed E-state index contributed by atoms with van der Waals surface area (Å²) in [5.41, 5.74) is 4.84. The summed E-state index contributed by atoms with van der Waals surface area (Å²) in [6.07, 6.45) is 2.43. The summed E-state index contributed by atoms with van der Waals surface area (Å²) in [6.45, 7) is 2.12. The zero-order chi connectivity index (χ0) is 17.1. The van der Waals surface area contributed by atoms with Crippen LogP contribution in [0.1, 0.15) is 28.8 Å². The Hall–Kier alpha value is -2.87. The SMILES string of the molecule is O=C(c1ccccc1)c1cccc(N2CCCC2)c1-c1ccccc1. The Balaban J connectivity index is 1.89. The molecule has 4 rings (SSSR count). The molecule has 1 fully saturated rings. The van der Waals surface area contributed by atoms with E-state index >= 15 is 0 Å². The first-order valence-electron chi connectivity index (χ1n) is 8.88. The van der Waals surface area contributed by atoms with Crippen LogP contribution in [0.2, 0.25) is 0 Å². The van der Waals surface area contributed by atoms with Crippen molar-refractivity contribution in [3.05, 3.63) is 90.0 Å². The molecule has 2 heteroatoms. The number of ketones is 1. The predicted octanol–water partition coefficient (Wildman–Crippen LogP) is 5.18. The van der Waals surface area contributed by atoms with E-state index < -0.39 is 0 Å². The fourth-order valence-corrected chi connectivity index (χ4v) is 3.60. The quantitative estimate of drug-likeness (QED) is 0.615. The van der Waals surface area contributed by atoms with E-state index in [-0.39, 0.29) is 5.78 Å². The third-order valence-corrected chi connectivity index (χ3v) is 4.83. The molecule has 0 N–H and O–H groups in total. The summed E-state index contributed by atoms with van der Waals surface area (Å²) < 4.78 is 0. The number of benzene rings is 3. The van der Waals surface area contributed by atoms with Crippen LogP contribution in [0.5, 0.6) is 0 Å². The van der Waals surface area contributed by atoms with E-state index in [0.29, 0.717) is 0 Å². The summed E-state index contributed by atoms with van der Waals surface area (Å²) in [5.74, 6) is 0.0838. The number of rotatable bonds is 4. The monoisotopic (exact) mass is 327 g/mol. The number of hydrogen-bond donors (Lipinski definition) is 0. The minimum atomic E-state index is 0.0838. The largest absolute Gasteiger partial charge is 0.371 e. The number of carbonyl (C=O) groups excluding carboxylic acids is 1. The van der Waals surface area contributed by atoms with Crippen LogP contribution < -0.4 is 4.90 Å². The van der Waals surface area contributed by atoms with Crippen LogP contribution >= 0.6 is 0 Å². The molecule has 0 saturated carbocycles. The molecule has 0 radical (unpaired) electrons. The van der Waals surface area contributed by atoms with Crippen LogP contribution in [0.3, 0.4) is 0 Å². The Kier molecular flexibility index (Phi) is 4.34. The second-order valence-electron chi connectivity index (χ2n) is 6.46. The molecule has 0 aromatic heterocycles. The molecule has 0 bridgehead atoms. The molecule has 1 heterocycles. The van der Waals surface area contributed by atoms with E-state index in [2.05, 4.69) is 23.1 Å². The lowest BCUT2D eigenvalue weighted by Gasteiger charge is -2.23. The van der Waals surface area contributed by atoms with Crippen molar-refractivity contribution in [2.75, 3.05) is 18.0 Å². The highest BCUT2D eigenvalue weighted by Crippen LogP contribution is 2.36. The van der Waals surface area contributed by atoms with Crippen LogP contribution in [-0.2, 0) is 0 Å². The molecule has 0 aliphatic carbocycles. The Labute approximate surface area is 148 Å². The Morgan fingerprint density at radius 2 is 1.36 bits per heavy atom. The van der Waals surface area contributed by atoms with Gasteiger partial charge in [0.05, 0.1) is 0 Å². The summed E-state index contributed by atoms with van der Waals surface area (Å²) in [5, 5.41) is 0. The van der Waals surface area contributed by atoms with Gasteiger partial charge in [0.25, 0.3) is 0 Å². The van der Waals surface area contributed by atoms with Gasteiger partial charge in [-0.25, -0.2) is 0 Å². The first kappa shape index (κ1) is 15.6. The van der Waals surface area contributed by atoms with Gasteiger partial charge in [-0.05, 0) is 24.5 Å². The van der Waals surface area contributed by atoms with Gasteiger partial charge in [-0.3, -0.25) is 4.79 Å². The maximum atomic E-state index is 13.2. The minimum absolute atomic E-state index is 0.0838. The second kappa shape index (κ2) is 6.94. The van der Waals surface area contributed by atoms with Crippen LogP contribution in [0.15, 0.2) is 78.9 Å². The zero-order valence-corrected chi connectivity index (χ0v) is 14.2. The maximum Gasteiger partial charge on any atom is 0.193 e. The molecule has 2 nitrogen and oxygen atoms in total. The van der Waals surface area contributed by atoms with Crippen LogP contribution in [-0.4, -0.2) is 18.9 Å². The molecule has 0 atom stereocenters. The van der Waals surface area contributed by atoms with Crippen molar-refractivity contribution in [3.8, 4) is 11.1 Å². The normalized spacial score (nSPS) is 13.8. The van der Waals surface area contributed by atoms with Gasteiger partial charge in [-0.1, -0.05) is 72.8 Å². The van der Waals surface area contributed by atoms with Crippen LogP contribution in [0.25, 0.3) is 11.1 Å². The molecular weight excluding hydrogens is 306 g/mol. The number of nitrogens with zero attached hydrogens (tertiary/aromatic N) is 1. The van der Waals surface area contributed by atoms with E-state index in [4.69, 9.17) is 0 Å². The summed E-state index contributed by atoms with van der Waals surface area (Å²) in [4.78, 5) is 15.6. The van der Waals surface area contributed by atoms with E-state index in [1.54, 1.807) is 0 Å². The Morgan fingerprint density at radius 3 is 2.04 bits per heavy atom. The summed E-state index contributed by atoms with van der Waals surface area (Å²) >= 11 is 0. The van der Waals surface area contributed by atoms with Gasteiger partial charge < -0.3 is 4.90 Å². The standard InChI is InChI=1S/C23H21NO/c25-23(19-12-5-2-6-13-19)20-14-9-15-21(24-16-7-8-17-24)22(20)18-10-3-1-4-11-18/h1-6,9-15H,7-8,16-17H2. The first-order valence-corrected chi connectivity index (χ1v) is 8.88. The molecule has 0 spiro atoms. The van der Waals surface area contributed by atoms with E-state index in [0.717, 1.165) is 35.3 Å². The number of carbonyl (C=O) groups is 1. The topological polar surface area (TPSA) is 20.3 Å². The van der Waals surface area contributed by atoms with Gasteiger partial charge in [0.2, 0.25) is 0 Å². The van der Waals surface area contributed by atoms with Gasteiger partial charge in [0.15, 0.2) is 5.78 Å². The van der Waals surface area contributed by atoms with E-state index in [9.17, 15) is 4.79 Å². The fourth-order valence-electron chi connectivity index (χ4n) is 3.60. The number of hydrogen-bond acceptors (Lipinski definition) is 2. The molecule has 1 saturated heterocycles. The van der Waals surface area contributed by atoms with E-state index in [1.165, 1.54) is 18.5 Å². The van der Waals surface area contributed by atoms with Crippen molar-refractivity contribution < 1.29 is 4.79 Å². The van der Waals surface area contributed by atoms with Gasteiger partial charge in [0, 0.05) is 35.5 Å². The molecule has 124 valence electrons. The highest BCUT2D eigenvalue weighted by molar-refractivity contribution is 6.14.